The first-order chi connectivity index (χ1) is 8.52. The van der Waals surface area contributed by atoms with Gasteiger partial charge in [-0.15, -0.1) is 0 Å². The summed E-state index contributed by atoms with van der Waals surface area (Å²) in [6.07, 6.45) is 0.115. The zero-order chi connectivity index (χ0) is 13.5. The second kappa shape index (κ2) is 7.07. The molecule has 0 unspecified atom stereocenters. The molecule has 0 fully saturated rings. The lowest BCUT2D eigenvalue weighted by Gasteiger charge is -2.24. The van der Waals surface area contributed by atoms with Crippen LogP contribution in [0.5, 0.6) is 0 Å². The molecular weight excluding hydrogens is 250 g/mol. The van der Waals surface area contributed by atoms with E-state index in [2.05, 4.69) is 0 Å². The van der Waals surface area contributed by atoms with Crippen LogP contribution in [0.25, 0.3) is 0 Å². The Balaban J connectivity index is 2.81. The van der Waals surface area contributed by atoms with Crippen molar-refractivity contribution in [1.29, 1.82) is 0 Å². The number of carboxylic acid groups (broad SMARTS) is 1. The Morgan fingerprint density at radius 1 is 1.39 bits per heavy atom. The van der Waals surface area contributed by atoms with E-state index < -0.39 is 5.97 Å². The van der Waals surface area contributed by atoms with E-state index >= 15 is 0 Å². The van der Waals surface area contributed by atoms with Crippen LogP contribution in [0.15, 0.2) is 35.4 Å². The van der Waals surface area contributed by atoms with Crippen molar-refractivity contribution in [2.45, 2.75) is 20.3 Å². The van der Waals surface area contributed by atoms with Crippen molar-refractivity contribution in [3.8, 4) is 0 Å². The Labute approximate surface area is 113 Å². The summed E-state index contributed by atoms with van der Waals surface area (Å²) < 4.78 is 0. The molecule has 18 heavy (non-hydrogen) atoms. The molecule has 0 amide bonds. The molecule has 1 rings (SSSR count). The standard InChI is InChI=1S/C14H18ClNO2/c1-11-3-5-13(6-4-11)16(8-7-14(17)18)10-12(2)9-15/h3-6,9H,7-8,10H2,1-2H3,(H,17,18)/b12-9-. The Bertz CT molecular complexity index is 426. The number of halogens is 1. The number of rotatable bonds is 6. The summed E-state index contributed by atoms with van der Waals surface area (Å²) in [5, 5.41) is 8.78. The van der Waals surface area contributed by atoms with Gasteiger partial charge in [-0.3, -0.25) is 4.79 Å². The Morgan fingerprint density at radius 2 is 2.00 bits per heavy atom. The topological polar surface area (TPSA) is 40.5 Å². The molecular formula is C14H18ClNO2. The van der Waals surface area contributed by atoms with Gasteiger partial charge in [-0.2, -0.15) is 0 Å². The highest BCUT2D eigenvalue weighted by Gasteiger charge is 2.09. The number of aryl methyl sites for hydroxylation is 1. The van der Waals surface area contributed by atoms with Crippen molar-refractivity contribution in [1.82, 2.24) is 0 Å². The van der Waals surface area contributed by atoms with Crippen LogP contribution in [0.1, 0.15) is 18.9 Å². The van der Waals surface area contributed by atoms with E-state index in [1.54, 1.807) is 0 Å². The SMILES string of the molecule is C/C(=C/Cl)CN(CCC(=O)O)c1ccc(C)cc1. The smallest absolute Gasteiger partial charge is 0.305 e. The number of anilines is 1. The predicted octanol–water partition coefficient (Wildman–Crippen LogP) is 3.42. The van der Waals surface area contributed by atoms with E-state index in [-0.39, 0.29) is 6.42 Å². The number of benzene rings is 1. The van der Waals surface area contributed by atoms with Crippen LogP contribution in [0.4, 0.5) is 5.69 Å². The van der Waals surface area contributed by atoms with E-state index in [4.69, 9.17) is 16.7 Å². The van der Waals surface area contributed by atoms with Gasteiger partial charge < -0.3 is 10.0 Å². The third-order valence-corrected chi connectivity index (χ3v) is 2.99. The number of hydrogen-bond acceptors (Lipinski definition) is 2. The fraction of sp³-hybridized carbons (Fsp3) is 0.357. The fourth-order valence-electron chi connectivity index (χ4n) is 1.62. The van der Waals surface area contributed by atoms with Crippen LogP contribution < -0.4 is 4.90 Å². The van der Waals surface area contributed by atoms with Crippen molar-refractivity contribution in [3.63, 3.8) is 0 Å². The molecule has 98 valence electrons. The van der Waals surface area contributed by atoms with Crippen molar-refractivity contribution in [2.24, 2.45) is 0 Å². The molecule has 1 aromatic rings. The molecule has 0 saturated heterocycles. The normalized spacial score (nSPS) is 11.4. The van der Waals surface area contributed by atoms with Crippen LogP contribution in [0.2, 0.25) is 0 Å². The molecule has 3 nitrogen and oxygen atoms in total. The molecule has 0 spiro atoms. The summed E-state index contributed by atoms with van der Waals surface area (Å²) in [6, 6.07) is 8.03. The molecule has 0 bridgehead atoms. The lowest BCUT2D eigenvalue weighted by molar-refractivity contribution is -0.136. The highest BCUT2D eigenvalue weighted by atomic mass is 35.5. The van der Waals surface area contributed by atoms with E-state index in [0.717, 1.165) is 11.3 Å². The first-order valence-electron chi connectivity index (χ1n) is 5.82. The quantitative estimate of drug-likeness (QED) is 0.859. The molecule has 1 aromatic carbocycles. The van der Waals surface area contributed by atoms with Crippen molar-refractivity contribution in [2.75, 3.05) is 18.0 Å². The minimum atomic E-state index is -0.792. The maximum atomic E-state index is 10.7. The number of aliphatic carboxylic acids is 1. The minimum Gasteiger partial charge on any atom is -0.481 e. The number of carboxylic acids is 1. The van der Waals surface area contributed by atoms with Crippen LogP contribution in [-0.4, -0.2) is 24.2 Å². The van der Waals surface area contributed by atoms with E-state index in [9.17, 15) is 4.79 Å². The Hall–Kier alpha value is -1.48. The third kappa shape index (κ3) is 4.80. The Morgan fingerprint density at radius 3 is 2.50 bits per heavy atom. The first-order valence-corrected chi connectivity index (χ1v) is 6.26. The molecule has 0 heterocycles. The van der Waals surface area contributed by atoms with E-state index in [1.165, 1.54) is 11.1 Å². The van der Waals surface area contributed by atoms with Crippen LogP contribution in [0, 0.1) is 6.92 Å². The fourth-order valence-corrected chi connectivity index (χ4v) is 1.69. The monoisotopic (exact) mass is 267 g/mol. The highest BCUT2D eigenvalue weighted by Crippen LogP contribution is 2.17. The van der Waals surface area contributed by atoms with Crippen molar-refractivity contribution < 1.29 is 9.90 Å². The van der Waals surface area contributed by atoms with Gasteiger partial charge in [0.05, 0.1) is 6.42 Å². The molecule has 0 aromatic heterocycles. The number of nitrogens with zero attached hydrogens (tertiary/aromatic N) is 1. The molecule has 0 aliphatic rings. The van der Waals surface area contributed by atoms with Crippen LogP contribution in [0.3, 0.4) is 0 Å². The van der Waals surface area contributed by atoms with Gasteiger partial charge in [-0.25, -0.2) is 0 Å². The minimum absolute atomic E-state index is 0.115. The van der Waals surface area contributed by atoms with Gasteiger partial charge in [0.25, 0.3) is 0 Å². The molecule has 0 atom stereocenters. The number of hydrogen-bond donors (Lipinski definition) is 1. The maximum Gasteiger partial charge on any atom is 0.305 e. The summed E-state index contributed by atoms with van der Waals surface area (Å²) >= 11 is 5.67. The van der Waals surface area contributed by atoms with Crippen molar-refractivity contribution >= 4 is 23.3 Å². The van der Waals surface area contributed by atoms with Gasteiger partial charge in [-0.1, -0.05) is 29.3 Å². The van der Waals surface area contributed by atoms with E-state index in [1.807, 2.05) is 43.0 Å². The zero-order valence-electron chi connectivity index (χ0n) is 10.7. The predicted molar refractivity (Wildman–Crippen MR) is 75.3 cm³/mol. The summed E-state index contributed by atoms with van der Waals surface area (Å²) in [6.45, 7) is 5.06. The van der Waals surface area contributed by atoms with Gasteiger partial charge in [0.15, 0.2) is 0 Å². The van der Waals surface area contributed by atoms with E-state index in [0.29, 0.717) is 13.1 Å². The summed E-state index contributed by atoms with van der Waals surface area (Å²) in [5.41, 5.74) is 4.73. The largest absolute Gasteiger partial charge is 0.481 e. The van der Waals surface area contributed by atoms with Crippen molar-refractivity contribution in [3.05, 3.63) is 40.9 Å². The second-order valence-electron chi connectivity index (χ2n) is 4.36. The molecule has 0 aliphatic carbocycles. The zero-order valence-corrected chi connectivity index (χ0v) is 11.4. The summed E-state index contributed by atoms with van der Waals surface area (Å²) in [5.74, 6) is -0.792. The number of carbonyl (C=O) groups is 1. The van der Waals surface area contributed by atoms with Crippen LogP contribution >= 0.6 is 11.6 Å². The average Bonchev–Trinajstić information content (AvgIpc) is 2.35. The molecule has 4 heteroatoms. The lowest BCUT2D eigenvalue weighted by Crippen LogP contribution is -2.27. The molecule has 0 saturated carbocycles. The molecule has 1 N–H and O–H groups in total. The van der Waals surface area contributed by atoms with Gasteiger partial charge in [-0.05, 0) is 31.6 Å². The van der Waals surface area contributed by atoms with Gasteiger partial charge >= 0.3 is 5.97 Å². The van der Waals surface area contributed by atoms with Gasteiger partial charge in [0.1, 0.15) is 0 Å². The van der Waals surface area contributed by atoms with Gasteiger partial charge in [0, 0.05) is 24.3 Å². The molecule has 0 radical (unpaired) electrons. The van der Waals surface area contributed by atoms with Crippen LogP contribution in [-0.2, 0) is 4.79 Å². The lowest BCUT2D eigenvalue weighted by atomic mass is 10.2. The highest BCUT2D eigenvalue weighted by molar-refractivity contribution is 6.25. The molecule has 0 aliphatic heterocycles. The second-order valence-corrected chi connectivity index (χ2v) is 4.57. The maximum absolute atomic E-state index is 10.7. The summed E-state index contributed by atoms with van der Waals surface area (Å²) in [7, 11) is 0. The average molecular weight is 268 g/mol. The first kappa shape index (κ1) is 14.6. The third-order valence-electron chi connectivity index (χ3n) is 2.62. The van der Waals surface area contributed by atoms with Gasteiger partial charge in [0.2, 0.25) is 0 Å². The summed E-state index contributed by atoms with van der Waals surface area (Å²) in [4.78, 5) is 12.7. The Kier molecular flexibility index (Phi) is 5.72.